The van der Waals surface area contributed by atoms with E-state index in [0.29, 0.717) is 18.0 Å². The number of hydrogen-bond donors (Lipinski definition) is 2. The normalized spacial score (nSPS) is 17.0. The van der Waals surface area contributed by atoms with Gasteiger partial charge in [0.1, 0.15) is 17.5 Å². The van der Waals surface area contributed by atoms with Gasteiger partial charge in [0.2, 0.25) is 5.91 Å². The van der Waals surface area contributed by atoms with Crippen LogP contribution in [0.3, 0.4) is 0 Å². The lowest BCUT2D eigenvalue weighted by atomic mass is 10.1. The predicted molar refractivity (Wildman–Crippen MR) is 82.1 cm³/mol. The Bertz CT molecular complexity index is 658. The van der Waals surface area contributed by atoms with Crippen LogP contribution in [-0.2, 0) is 4.79 Å². The van der Waals surface area contributed by atoms with Crippen molar-refractivity contribution in [2.45, 2.75) is 6.10 Å². The van der Waals surface area contributed by atoms with E-state index in [2.05, 4.69) is 0 Å². The lowest BCUT2D eigenvalue weighted by Gasteiger charge is -2.36. The van der Waals surface area contributed by atoms with Crippen LogP contribution >= 0.6 is 0 Å². The van der Waals surface area contributed by atoms with Gasteiger partial charge in [0.15, 0.2) is 0 Å². The van der Waals surface area contributed by atoms with E-state index in [-0.39, 0.29) is 12.6 Å². The van der Waals surface area contributed by atoms with Crippen molar-refractivity contribution in [3.63, 3.8) is 0 Å². The van der Waals surface area contributed by atoms with E-state index in [0.717, 1.165) is 11.3 Å². The first-order valence-electron chi connectivity index (χ1n) is 6.78. The molecule has 5 heteroatoms. The topological polar surface area (TPSA) is 81.6 Å². The van der Waals surface area contributed by atoms with Crippen molar-refractivity contribution in [3.05, 3.63) is 54.1 Å². The molecule has 1 amide bonds. The lowest BCUT2D eigenvalue weighted by molar-refractivity contribution is -0.116. The van der Waals surface area contributed by atoms with Gasteiger partial charge in [-0.15, -0.1) is 0 Å². The van der Waals surface area contributed by atoms with E-state index in [1.54, 1.807) is 6.07 Å². The standard InChI is InChI=1S/C16H17N3O2/c17-12-7-4-8-13-16(12)19(10-15(18)20)9-14(21-13)11-5-2-1-3-6-11/h1-8,14H,9-10,17H2,(H2,18,20). The molecular weight excluding hydrogens is 266 g/mol. The fourth-order valence-corrected chi connectivity index (χ4v) is 2.63. The largest absolute Gasteiger partial charge is 0.482 e. The summed E-state index contributed by atoms with van der Waals surface area (Å²) in [4.78, 5) is 13.2. The summed E-state index contributed by atoms with van der Waals surface area (Å²) >= 11 is 0. The van der Waals surface area contributed by atoms with Crippen LogP contribution in [0.15, 0.2) is 48.5 Å². The Balaban J connectivity index is 1.99. The summed E-state index contributed by atoms with van der Waals surface area (Å²) in [5.74, 6) is 0.286. The number of rotatable bonds is 3. The second-order valence-corrected chi connectivity index (χ2v) is 5.06. The van der Waals surface area contributed by atoms with E-state index in [9.17, 15) is 4.79 Å². The van der Waals surface area contributed by atoms with E-state index >= 15 is 0 Å². The third kappa shape index (κ3) is 2.63. The van der Waals surface area contributed by atoms with Gasteiger partial charge in [0.05, 0.1) is 18.8 Å². The molecule has 108 valence electrons. The number of carbonyl (C=O) groups is 1. The minimum Gasteiger partial charge on any atom is -0.482 e. The molecular formula is C16H17N3O2. The average molecular weight is 283 g/mol. The summed E-state index contributed by atoms with van der Waals surface area (Å²) in [5, 5.41) is 0. The minimum absolute atomic E-state index is 0.119. The Morgan fingerprint density at radius 3 is 2.67 bits per heavy atom. The summed E-state index contributed by atoms with van der Waals surface area (Å²) < 4.78 is 6.04. The van der Waals surface area contributed by atoms with E-state index in [1.165, 1.54) is 0 Å². The van der Waals surface area contributed by atoms with Crippen LogP contribution in [0.1, 0.15) is 11.7 Å². The zero-order valence-corrected chi connectivity index (χ0v) is 11.5. The third-order valence-corrected chi connectivity index (χ3v) is 3.52. The highest BCUT2D eigenvalue weighted by molar-refractivity contribution is 5.84. The number of para-hydroxylation sites is 1. The van der Waals surface area contributed by atoms with Gasteiger partial charge in [-0.3, -0.25) is 4.79 Å². The van der Waals surface area contributed by atoms with Gasteiger partial charge in [-0.2, -0.15) is 0 Å². The number of nitrogens with zero attached hydrogens (tertiary/aromatic N) is 1. The molecule has 0 aliphatic carbocycles. The molecule has 0 radical (unpaired) electrons. The molecule has 1 unspecified atom stereocenters. The average Bonchev–Trinajstić information content (AvgIpc) is 2.47. The molecule has 1 aliphatic rings. The van der Waals surface area contributed by atoms with Crippen molar-refractivity contribution in [2.24, 2.45) is 5.73 Å². The molecule has 1 atom stereocenters. The minimum atomic E-state index is -0.391. The van der Waals surface area contributed by atoms with Gasteiger partial charge < -0.3 is 21.1 Å². The van der Waals surface area contributed by atoms with E-state index in [1.807, 2.05) is 47.4 Å². The molecule has 0 spiro atoms. The molecule has 0 fully saturated rings. The van der Waals surface area contributed by atoms with Crippen LogP contribution in [0.4, 0.5) is 11.4 Å². The van der Waals surface area contributed by atoms with Crippen LogP contribution in [0.5, 0.6) is 5.75 Å². The summed E-state index contributed by atoms with van der Waals surface area (Å²) in [6, 6.07) is 15.4. The third-order valence-electron chi connectivity index (χ3n) is 3.52. The Morgan fingerprint density at radius 1 is 1.19 bits per heavy atom. The van der Waals surface area contributed by atoms with Crippen molar-refractivity contribution >= 4 is 17.3 Å². The zero-order chi connectivity index (χ0) is 14.8. The first-order valence-corrected chi connectivity index (χ1v) is 6.78. The summed E-state index contributed by atoms with van der Waals surface area (Å²) in [6.07, 6.45) is -0.153. The number of nitrogen functional groups attached to an aromatic ring is 1. The van der Waals surface area contributed by atoms with Gasteiger partial charge in [-0.25, -0.2) is 0 Å². The van der Waals surface area contributed by atoms with Crippen molar-refractivity contribution in [3.8, 4) is 5.75 Å². The molecule has 1 aliphatic heterocycles. The molecule has 0 bridgehead atoms. The molecule has 3 rings (SSSR count). The maximum Gasteiger partial charge on any atom is 0.236 e. The monoisotopic (exact) mass is 283 g/mol. The summed E-state index contributed by atoms with van der Waals surface area (Å²) in [6.45, 7) is 0.655. The van der Waals surface area contributed by atoms with Crippen LogP contribution in [0.25, 0.3) is 0 Å². The van der Waals surface area contributed by atoms with E-state index in [4.69, 9.17) is 16.2 Å². The number of benzene rings is 2. The summed E-state index contributed by atoms with van der Waals surface area (Å²) in [7, 11) is 0. The molecule has 21 heavy (non-hydrogen) atoms. The number of nitrogens with two attached hydrogens (primary N) is 2. The fraction of sp³-hybridized carbons (Fsp3) is 0.188. The van der Waals surface area contributed by atoms with Gasteiger partial charge in [0.25, 0.3) is 0 Å². The van der Waals surface area contributed by atoms with Crippen LogP contribution in [0.2, 0.25) is 0 Å². The Hall–Kier alpha value is -2.69. The SMILES string of the molecule is NC(=O)CN1CC(c2ccccc2)Oc2cccc(N)c21. The molecule has 5 nitrogen and oxygen atoms in total. The highest BCUT2D eigenvalue weighted by Gasteiger charge is 2.29. The Morgan fingerprint density at radius 2 is 1.95 bits per heavy atom. The van der Waals surface area contributed by atoms with Gasteiger partial charge in [-0.1, -0.05) is 36.4 Å². The molecule has 1 heterocycles. The predicted octanol–water partition coefficient (Wildman–Crippen LogP) is 1.69. The van der Waals surface area contributed by atoms with Crippen molar-refractivity contribution in [2.75, 3.05) is 23.7 Å². The number of fused-ring (bicyclic) bond motifs is 1. The zero-order valence-electron chi connectivity index (χ0n) is 11.5. The van der Waals surface area contributed by atoms with Crippen LogP contribution in [-0.4, -0.2) is 19.0 Å². The second-order valence-electron chi connectivity index (χ2n) is 5.06. The summed E-state index contributed by atoms with van der Waals surface area (Å²) in [5.41, 5.74) is 13.7. The lowest BCUT2D eigenvalue weighted by Crippen LogP contribution is -2.41. The van der Waals surface area contributed by atoms with Gasteiger partial charge >= 0.3 is 0 Å². The van der Waals surface area contributed by atoms with Crippen LogP contribution < -0.4 is 21.1 Å². The molecule has 4 N–H and O–H groups in total. The number of anilines is 2. The Labute approximate surface area is 123 Å². The number of amides is 1. The highest BCUT2D eigenvalue weighted by atomic mass is 16.5. The van der Waals surface area contributed by atoms with Gasteiger partial charge in [0, 0.05) is 0 Å². The maximum atomic E-state index is 11.3. The number of primary amides is 1. The second kappa shape index (κ2) is 5.36. The van der Waals surface area contributed by atoms with Gasteiger partial charge in [-0.05, 0) is 17.7 Å². The smallest absolute Gasteiger partial charge is 0.236 e. The number of hydrogen-bond acceptors (Lipinski definition) is 4. The van der Waals surface area contributed by atoms with Crippen molar-refractivity contribution in [1.82, 2.24) is 0 Å². The van der Waals surface area contributed by atoms with Crippen molar-refractivity contribution in [1.29, 1.82) is 0 Å². The number of ether oxygens (including phenoxy) is 1. The molecule has 2 aromatic carbocycles. The highest BCUT2D eigenvalue weighted by Crippen LogP contribution is 2.41. The first kappa shape index (κ1) is 13.3. The quantitative estimate of drug-likeness (QED) is 0.840. The van der Waals surface area contributed by atoms with Crippen molar-refractivity contribution < 1.29 is 9.53 Å². The number of carbonyl (C=O) groups excluding carboxylic acids is 1. The van der Waals surface area contributed by atoms with Crippen LogP contribution in [0, 0.1) is 0 Å². The Kier molecular flexibility index (Phi) is 3.39. The fourth-order valence-electron chi connectivity index (χ4n) is 2.63. The maximum absolute atomic E-state index is 11.3. The molecule has 0 saturated heterocycles. The molecule has 0 aromatic heterocycles. The molecule has 2 aromatic rings. The molecule has 0 saturated carbocycles. The first-order chi connectivity index (χ1) is 10.1. The van der Waals surface area contributed by atoms with E-state index < -0.39 is 5.91 Å².